The summed E-state index contributed by atoms with van der Waals surface area (Å²) in [7, 11) is 0. The van der Waals surface area contributed by atoms with E-state index >= 15 is 0 Å². The number of carbonyl (C=O) groups excluding carboxylic acids is 1. The Morgan fingerprint density at radius 3 is 2.94 bits per heavy atom. The number of hydrogen-bond acceptors (Lipinski definition) is 3. The Hall–Kier alpha value is -0.810. The van der Waals surface area contributed by atoms with Gasteiger partial charge in [-0.3, -0.25) is 4.79 Å². The molecular weight excluding hydrogens is 274 g/mol. The van der Waals surface area contributed by atoms with E-state index in [0.717, 1.165) is 6.42 Å². The predicted octanol–water partition coefficient (Wildman–Crippen LogP) is 2.59. The van der Waals surface area contributed by atoms with E-state index in [-0.39, 0.29) is 12.0 Å². The van der Waals surface area contributed by atoms with Gasteiger partial charge in [0.15, 0.2) is 4.67 Å². The molecule has 1 aromatic rings. The van der Waals surface area contributed by atoms with Crippen LogP contribution in [0, 0.1) is 0 Å². The quantitative estimate of drug-likeness (QED) is 0.819. The summed E-state index contributed by atoms with van der Waals surface area (Å²) in [5.74, 6) is -0.134. The van der Waals surface area contributed by atoms with E-state index < -0.39 is 0 Å². The number of amides is 1. The van der Waals surface area contributed by atoms with Gasteiger partial charge in [0.05, 0.1) is 17.9 Å². The van der Waals surface area contributed by atoms with E-state index in [1.807, 2.05) is 13.8 Å². The third-order valence-corrected chi connectivity index (χ3v) is 2.53. The minimum absolute atomic E-state index is 0.134. The number of hydrogen-bond donors (Lipinski definition) is 1. The molecule has 90 valence electrons. The minimum atomic E-state index is -0.134. The molecule has 0 aromatic carbocycles. The largest absolute Gasteiger partial charge is 0.457 e. The first-order chi connectivity index (χ1) is 7.61. The van der Waals surface area contributed by atoms with Crippen molar-refractivity contribution in [3.05, 3.63) is 22.6 Å². The van der Waals surface area contributed by atoms with Crippen molar-refractivity contribution in [1.29, 1.82) is 0 Å². The number of rotatable bonds is 6. The first kappa shape index (κ1) is 13.3. The Bertz CT molecular complexity index is 336. The molecule has 0 saturated heterocycles. The smallest absolute Gasteiger partial charge is 0.255 e. The van der Waals surface area contributed by atoms with E-state index in [1.165, 1.54) is 6.26 Å². The lowest BCUT2D eigenvalue weighted by Crippen LogP contribution is -2.25. The van der Waals surface area contributed by atoms with E-state index in [0.29, 0.717) is 23.4 Å². The van der Waals surface area contributed by atoms with Gasteiger partial charge in [0, 0.05) is 13.2 Å². The highest BCUT2D eigenvalue weighted by Crippen LogP contribution is 2.16. The maximum Gasteiger partial charge on any atom is 0.255 e. The summed E-state index contributed by atoms with van der Waals surface area (Å²) in [6.07, 6.45) is 2.51. The molecular formula is C11H16BrNO3. The van der Waals surface area contributed by atoms with E-state index in [9.17, 15) is 4.79 Å². The molecule has 16 heavy (non-hydrogen) atoms. The minimum Gasteiger partial charge on any atom is -0.457 e. The van der Waals surface area contributed by atoms with Gasteiger partial charge in [-0.05, 0) is 42.3 Å². The number of halogens is 1. The van der Waals surface area contributed by atoms with Gasteiger partial charge in [0.1, 0.15) is 0 Å². The van der Waals surface area contributed by atoms with Gasteiger partial charge in [-0.2, -0.15) is 0 Å². The van der Waals surface area contributed by atoms with Crippen molar-refractivity contribution in [2.75, 3.05) is 13.2 Å². The summed E-state index contributed by atoms with van der Waals surface area (Å²) >= 11 is 3.16. The Morgan fingerprint density at radius 2 is 2.38 bits per heavy atom. The van der Waals surface area contributed by atoms with Gasteiger partial charge in [-0.1, -0.05) is 0 Å². The number of carbonyl (C=O) groups is 1. The topological polar surface area (TPSA) is 51.5 Å². The monoisotopic (exact) mass is 289 g/mol. The molecule has 0 aliphatic rings. The molecule has 1 rings (SSSR count). The molecule has 0 saturated carbocycles. The highest BCUT2D eigenvalue weighted by molar-refractivity contribution is 9.10. The fourth-order valence-corrected chi connectivity index (χ4v) is 1.56. The lowest BCUT2D eigenvalue weighted by atomic mass is 10.3. The Labute approximate surface area is 103 Å². The summed E-state index contributed by atoms with van der Waals surface area (Å²) in [6, 6.07) is 1.63. The van der Waals surface area contributed by atoms with Crippen LogP contribution in [-0.2, 0) is 4.74 Å². The molecule has 0 aliphatic carbocycles. The average molecular weight is 290 g/mol. The zero-order chi connectivity index (χ0) is 12.0. The Balaban J connectivity index is 2.19. The van der Waals surface area contributed by atoms with Crippen LogP contribution < -0.4 is 5.32 Å². The third-order valence-electron chi connectivity index (χ3n) is 1.92. The van der Waals surface area contributed by atoms with Crippen LogP contribution in [0.2, 0.25) is 0 Å². The average Bonchev–Trinajstić information content (AvgIpc) is 2.63. The molecule has 0 aliphatic heterocycles. The van der Waals surface area contributed by atoms with Crippen molar-refractivity contribution in [3.63, 3.8) is 0 Å². The normalized spacial score (nSPS) is 10.8. The maximum absolute atomic E-state index is 11.6. The number of ether oxygens (including phenoxy) is 1. The van der Waals surface area contributed by atoms with Crippen LogP contribution in [0.4, 0.5) is 0 Å². The Morgan fingerprint density at radius 1 is 1.62 bits per heavy atom. The van der Waals surface area contributed by atoms with Crippen LogP contribution in [0.5, 0.6) is 0 Å². The van der Waals surface area contributed by atoms with Crippen LogP contribution >= 0.6 is 15.9 Å². The van der Waals surface area contributed by atoms with Crippen molar-refractivity contribution < 1.29 is 13.9 Å². The highest BCUT2D eigenvalue weighted by atomic mass is 79.9. The summed E-state index contributed by atoms with van der Waals surface area (Å²) < 4.78 is 10.8. The standard InChI is InChI=1S/C11H16BrNO3/c1-8(2)15-6-3-5-13-11(14)9-4-7-16-10(9)12/h4,7-8H,3,5-6H2,1-2H3,(H,13,14). The molecule has 0 bridgehead atoms. The zero-order valence-electron chi connectivity index (χ0n) is 9.46. The molecule has 0 fully saturated rings. The van der Waals surface area contributed by atoms with Crippen molar-refractivity contribution in [2.45, 2.75) is 26.4 Å². The second-order valence-corrected chi connectivity index (χ2v) is 4.36. The van der Waals surface area contributed by atoms with Crippen LogP contribution in [0.25, 0.3) is 0 Å². The van der Waals surface area contributed by atoms with Gasteiger partial charge in [0.2, 0.25) is 0 Å². The van der Waals surface area contributed by atoms with Crippen LogP contribution in [0.1, 0.15) is 30.6 Å². The van der Waals surface area contributed by atoms with E-state index in [1.54, 1.807) is 6.07 Å². The van der Waals surface area contributed by atoms with Crippen molar-refractivity contribution in [3.8, 4) is 0 Å². The van der Waals surface area contributed by atoms with Crippen molar-refractivity contribution >= 4 is 21.8 Å². The SMILES string of the molecule is CC(C)OCCCNC(=O)c1ccoc1Br. The van der Waals surface area contributed by atoms with Gasteiger partial charge in [-0.25, -0.2) is 0 Å². The van der Waals surface area contributed by atoms with Crippen molar-refractivity contribution in [2.24, 2.45) is 0 Å². The third kappa shape index (κ3) is 4.37. The van der Waals surface area contributed by atoms with Gasteiger partial charge in [-0.15, -0.1) is 0 Å². The fourth-order valence-electron chi connectivity index (χ4n) is 1.14. The van der Waals surface area contributed by atoms with Gasteiger partial charge in [0.25, 0.3) is 5.91 Å². The molecule has 1 heterocycles. The molecule has 4 nitrogen and oxygen atoms in total. The molecule has 1 aromatic heterocycles. The van der Waals surface area contributed by atoms with Crippen LogP contribution in [0.15, 0.2) is 21.4 Å². The van der Waals surface area contributed by atoms with Crippen LogP contribution in [-0.4, -0.2) is 25.2 Å². The molecule has 0 unspecified atom stereocenters. The molecule has 0 radical (unpaired) electrons. The molecule has 1 N–H and O–H groups in total. The fraction of sp³-hybridized carbons (Fsp3) is 0.545. The summed E-state index contributed by atoms with van der Waals surface area (Å²) in [6.45, 7) is 5.23. The predicted molar refractivity (Wildman–Crippen MR) is 64.4 cm³/mol. The van der Waals surface area contributed by atoms with Crippen LogP contribution in [0.3, 0.4) is 0 Å². The molecule has 0 spiro atoms. The lowest BCUT2D eigenvalue weighted by molar-refractivity contribution is 0.0757. The summed E-state index contributed by atoms with van der Waals surface area (Å²) in [4.78, 5) is 11.6. The highest BCUT2D eigenvalue weighted by Gasteiger charge is 2.11. The summed E-state index contributed by atoms with van der Waals surface area (Å²) in [5, 5.41) is 2.79. The second kappa shape index (κ2) is 6.70. The van der Waals surface area contributed by atoms with Crippen molar-refractivity contribution in [1.82, 2.24) is 5.32 Å². The zero-order valence-corrected chi connectivity index (χ0v) is 11.0. The second-order valence-electron chi connectivity index (χ2n) is 3.64. The maximum atomic E-state index is 11.6. The lowest BCUT2D eigenvalue weighted by Gasteiger charge is -2.07. The first-order valence-corrected chi connectivity index (χ1v) is 6.03. The molecule has 1 amide bonds. The van der Waals surface area contributed by atoms with Gasteiger partial charge >= 0.3 is 0 Å². The molecule has 0 atom stereocenters. The van der Waals surface area contributed by atoms with E-state index in [2.05, 4.69) is 21.2 Å². The molecule has 5 heteroatoms. The van der Waals surface area contributed by atoms with E-state index in [4.69, 9.17) is 9.15 Å². The Kier molecular flexibility index (Phi) is 5.55. The van der Waals surface area contributed by atoms with Gasteiger partial charge < -0.3 is 14.5 Å². The number of furan rings is 1. The first-order valence-electron chi connectivity index (χ1n) is 5.24. The number of nitrogens with one attached hydrogen (secondary N) is 1. The summed E-state index contributed by atoms with van der Waals surface area (Å²) in [5.41, 5.74) is 0.518.